The molecule has 104 valence electrons. The van der Waals surface area contributed by atoms with Crippen molar-refractivity contribution in [1.82, 2.24) is 0 Å². The number of benzene rings is 1. The zero-order chi connectivity index (χ0) is 14.1. The number of anilines is 1. The van der Waals surface area contributed by atoms with Crippen molar-refractivity contribution in [2.75, 3.05) is 17.8 Å². The third-order valence-electron chi connectivity index (χ3n) is 3.27. The minimum Gasteiger partial charge on any atom is -0.445 e. The highest BCUT2D eigenvalue weighted by Crippen LogP contribution is 2.40. The van der Waals surface area contributed by atoms with E-state index in [0.717, 1.165) is 27.8 Å². The molecule has 0 amide bonds. The monoisotopic (exact) mass is 304 g/mol. The van der Waals surface area contributed by atoms with Gasteiger partial charge >= 0.3 is 0 Å². The summed E-state index contributed by atoms with van der Waals surface area (Å²) in [5.74, 6) is 1.76. The maximum absolute atomic E-state index is 5.94. The summed E-state index contributed by atoms with van der Waals surface area (Å²) in [4.78, 5) is 4.73. The molecular weight excluding hydrogens is 288 g/mol. The number of aryl methyl sites for hydroxylation is 1. The van der Waals surface area contributed by atoms with Crippen LogP contribution >= 0.6 is 23.5 Å². The maximum Gasteiger partial charge on any atom is 0.206 e. The molecule has 20 heavy (non-hydrogen) atoms. The van der Waals surface area contributed by atoms with E-state index in [1.807, 2.05) is 31.4 Å². The summed E-state index contributed by atoms with van der Waals surface area (Å²) in [7, 11) is 0. The van der Waals surface area contributed by atoms with Crippen molar-refractivity contribution in [3.63, 3.8) is 0 Å². The topological polar surface area (TPSA) is 37.5 Å². The minimum atomic E-state index is 0.0270. The van der Waals surface area contributed by atoms with Gasteiger partial charge in [-0.1, -0.05) is 30.3 Å². The number of aliphatic imine (C=N–C) groups is 1. The first kappa shape index (κ1) is 13.6. The molecule has 0 saturated heterocycles. The first-order chi connectivity index (χ1) is 9.74. The molecule has 1 aromatic heterocycles. The number of hydrogen-bond donors (Lipinski definition) is 1. The highest BCUT2D eigenvalue weighted by molar-refractivity contribution is 8.14. The number of hydrogen-bond acceptors (Lipinski definition) is 5. The van der Waals surface area contributed by atoms with Gasteiger partial charge in [0.25, 0.3) is 0 Å². The van der Waals surface area contributed by atoms with E-state index in [-0.39, 0.29) is 5.50 Å². The number of fused-ring (bicyclic) bond motifs is 1. The molecule has 0 spiro atoms. The Kier molecular flexibility index (Phi) is 3.81. The second-order valence-corrected chi connectivity index (χ2v) is 6.19. The van der Waals surface area contributed by atoms with E-state index >= 15 is 0 Å². The van der Waals surface area contributed by atoms with Gasteiger partial charge in [-0.05, 0) is 25.0 Å². The third kappa shape index (κ3) is 2.25. The molecule has 0 fully saturated rings. The molecule has 1 unspecified atom stereocenters. The molecule has 3 nitrogen and oxygen atoms in total. The molecule has 1 aromatic carbocycles. The molecule has 0 aliphatic carbocycles. The average Bonchev–Trinajstić information content (AvgIpc) is 2.82. The maximum atomic E-state index is 5.94. The van der Waals surface area contributed by atoms with Gasteiger partial charge in [0.15, 0.2) is 5.50 Å². The van der Waals surface area contributed by atoms with Crippen LogP contribution in [0.5, 0.6) is 0 Å². The zero-order valence-electron chi connectivity index (χ0n) is 11.6. The fourth-order valence-electron chi connectivity index (χ4n) is 2.38. The molecule has 2 aromatic rings. The molecular formula is C15H16N2OS2. The van der Waals surface area contributed by atoms with Crippen LogP contribution in [0.15, 0.2) is 39.7 Å². The summed E-state index contributed by atoms with van der Waals surface area (Å²) in [5, 5.41) is 4.37. The lowest BCUT2D eigenvalue weighted by atomic mass is 10.0. The highest BCUT2D eigenvalue weighted by atomic mass is 32.2. The smallest absolute Gasteiger partial charge is 0.206 e. The van der Waals surface area contributed by atoms with Gasteiger partial charge in [0.05, 0.1) is 5.56 Å². The SMILES string of the molecule is CSC1=NC(SC)Nc2oc(C)c(-c3ccccc3)c21. The van der Waals surface area contributed by atoms with E-state index in [9.17, 15) is 0 Å². The van der Waals surface area contributed by atoms with Crippen molar-refractivity contribution in [3.05, 3.63) is 41.7 Å². The predicted molar refractivity (Wildman–Crippen MR) is 89.9 cm³/mol. The van der Waals surface area contributed by atoms with Crippen molar-refractivity contribution in [2.24, 2.45) is 4.99 Å². The molecule has 5 heteroatoms. The van der Waals surface area contributed by atoms with Crippen molar-refractivity contribution in [1.29, 1.82) is 0 Å². The van der Waals surface area contributed by atoms with Gasteiger partial charge < -0.3 is 9.73 Å². The second-order valence-electron chi connectivity index (χ2n) is 4.47. The molecule has 1 atom stereocenters. The average molecular weight is 304 g/mol. The third-order valence-corrected chi connectivity index (χ3v) is 4.63. The van der Waals surface area contributed by atoms with Crippen molar-refractivity contribution in [3.8, 4) is 11.1 Å². The van der Waals surface area contributed by atoms with Crippen LogP contribution in [0, 0.1) is 6.92 Å². The summed E-state index contributed by atoms with van der Waals surface area (Å²) in [6.07, 6.45) is 4.10. The molecule has 3 rings (SSSR count). The first-order valence-corrected chi connectivity index (χ1v) is 8.86. The molecule has 0 bridgehead atoms. The highest BCUT2D eigenvalue weighted by Gasteiger charge is 2.28. The van der Waals surface area contributed by atoms with Gasteiger partial charge in [0.2, 0.25) is 5.88 Å². The molecule has 1 aliphatic heterocycles. The zero-order valence-corrected chi connectivity index (χ0v) is 13.3. The lowest BCUT2D eigenvalue weighted by molar-refractivity contribution is 0.545. The van der Waals surface area contributed by atoms with E-state index in [2.05, 4.69) is 23.7 Å². The van der Waals surface area contributed by atoms with Crippen LogP contribution in [0.4, 0.5) is 5.88 Å². The standard InChI is InChI=1S/C15H16N2OS2/c1-9-11(10-7-5-4-6-8-10)12-13(18-9)16-15(20-3)17-14(12)19-2/h4-8,15-16H,1-3H3. The summed E-state index contributed by atoms with van der Waals surface area (Å²) < 4.78 is 5.94. The Morgan fingerprint density at radius 2 is 1.90 bits per heavy atom. The van der Waals surface area contributed by atoms with Crippen LogP contribution in [0.2, 0.25) is 0 Å². The van der Waals surface area contributed by atoms with E-state index in [1.54, 1.807) is 23.5 Å². The van der Waals surface area contributed by atoms with Crippen molar-refractivity contribution < 1.29 is 4.42 Å². The quantitative estimate of drug-likeness (QED) is 0.890. The van der Waals surface area contributed by atoms with Gasteiger partial charge in [0, 0.05) is 5.56 Å². The molecule has 0 saturated carbocycles. The van der Waals surface area contributed by atoms with Crippen molar-refractivity contribution in [2.45, 2.75) is 12.4 Å². The van der Waals surface area contributed by atoms with E-state index < -0.39 is 0 Å². The molecule has 1 N–H and O–H groups in total. The second kappa shape index (κ2) is 5.58. The number of rotatable bonds is 2. The van der Waals surface area contributed by atoms with Crippen LogP contribution in [0.25, 0.3) is 11.1 Å². The van der Waals surface area contributed by atoms with Gasteiger partial charge in [-0.3, -0.25) is 0 Å². The molecule has 1 aliphatic rings. The number of nitrogens with zero attached hydrogens (tertiary/aromatic N) is 1. The lowest BCUT2D eigenvalue weighted by Gasteiger charge is -2.20. The van der Waals surface area contributed by atoms with E-state index in [4.69, 9.17) is 9.41 Å². The van der Waals surface area contributed by atoms with E-state index in [0.29, 0.717) is 0 Å². The van der Waals surface area contributed by atoms with Gasteiger partial charge in [-0.15, -0.1) is 23.5 Å². The number of thioether (sulfide) groups is 2. The largest absolute Gasteiger partial charge is 0.445 e. The summed E-state index contributed by atoms with van der Waals surface area (Å²) in [5.41, 5.74) is 3.42. The Morgan fingerprint density at radius 3 is 2.55 bits per heavy atom. The Bertz CT molecular complexity index is 649. The van der Waals surface area contributed by atoms with Gasteiger partial charge in [-0.2, -0.15) is 0 Å². The fourth-order valence-corrected chi connectivity index (χ4v) is 3.50. The van der Waals surface area contributed by atoms with Gasteiger partial charge in [0.1, 0.15) is 10.8 Å². The Morgan fingerprint density at radius 1 is 1.15 bits per heavy atom. The van der Waals surface area contributed by atoms with Crippen LogP contribution < -0.4 is 5.32 Å². The Hall–Kier alpha value is -1.33. The number of furan rings is 1. The van der Waals surface area contributed by atoms with Crippen molar-refractivity contribution >= 4 is 34.5 Å². The number of nitrogens with one attached hydrogen (secondary N) is 1. The summed E-state index contributed by atoms with van der Waals surface area (Å²) in [6.45, 7) is 2.01. The van der Waals surface area contributed by atoms with Crippen LogP contribution in [-0.4, -0.2) is 23.1 Å². The Balaban J connectivity index is 2.18. The Labute approximate surface area is 127 Å². The fraction of sp³-hybridized carbons (Fsp3) is 0.267. The van der Waals surface area contributed by atoms with E-state index in [1.165, 1.54) is 5.56 Å². The van der Waals surface area contributed by atoms with Crippen LogP contribution in [-0.2, 0) is 0 Å². The normalized spacial score (nSPS) is 17.4. The molecule has 0 radical (unpaired) electrons. The van der Waals surface area contributed by atoms with Gasteiger partial charge in [-0.25, -0.2) is 4.99 Å². The predicted octanol–water partition coefficient (Wildman–Crippen LogP) is 4.44. The lowest BCUT2D eigenvalue weighted by Crippen LogP contribution is -2.20. The summed E-state index contributed by atoms with van der Waals surface area (Å²) in [6, 6.07) is 10.3. The summed E-state index contributed by atoms with van der Waals surface area (Å²) >= 11 is 3.33. The molecule has 2 heterocycles. The van der Waals surface area contributed by atoms with Crippen LogP contribution in [0.1, 0.15) is 11.3 Å². The van der Waals surface area contributed by atoms with Crippen LogP contribution in [0.3, 0.4) is 0 Å². The first-order valence-electron chi connectivity index (χ1n) is 6.35. The minimum absolute atomic E-state index is 0.0270.